The first-order chi connectivity index (χ1) is 9.86. The topological polar surface area (TPSA) is 56.4 Å². The number of hydrogen-bond acceptors (Lipinski definition) is 3. The van der Waals surface area contributed by atoms with Gasteiger partial charge in [0.15, 0.2) is 0 Å². The number of sulfonamides is 1. The van der Waals surface area contributed by atoms with Crippen LogP contribution in [0.15, 0.2) is 18.3 Å². The molecule has 1 aliphatic heterocycles. The van der Waals surface area contributed by atoms with E-state index in [1.807, 2.05) is 18.3 Å². The lowest BCUT2D eigenvalue weighted by molar-refractivity contribution is 0.388. The molecule has 1 fully saturated rings. The Balaban J connectivity index is 1.94. The molecule has 1 aliphatic rings. The Labute approximate surface area is 129 Å². The number of aromatic nitrogens is 1. The van der Waals surface area contributed by atoms with Crippen molar-refractivity contribution in [3.05, 3.63) is 28.9 Å². The number of fused-ring (bicyclic) bond motifs is 1. The second kappa shape index (κ2) is 5.19. The third-order valence-corrected chi connectivity index (χ3v) is 5.49. The highest BCUT2D eigenvalue weighted by molar-refractivity contribution is 7.88. The number of nitrogens with one attached hydrogen (secondary N) is 1. The predicted octanol–water partition coefficient (Wildman–Crippen LogP) is 2.21. The van der Waals surface area contributed by atoms with Crippen LogP contribution < -0.4 is 4.90 Å². The van der Waals surface area contributed by atoms with Crippen molar-refractivity contribution >= 4 is 38.2 Å². The SMILES string of the molecule is Cc1c[nH]c2cc(Cl)cc(N3CCN(S(C)(=O)=O)CC3)c12. The normalized spacial score (nSPS) is 17.6. The van der Waals surface area contributed by atoms with Crippen molar-refractivity contribution in [3.8, 4) is 0 Å². The molecule has 114 valence electrons. The molecule has 0 spiro atoms. The van der Waals surface area contributed by atoms with E-state index in [2.05, 4.69) is 16.8 Å². The highest BCUT2D eigenvalue weighted by atomic mass is 35.5. The summed E-state index contributed by atoms with van der Waals surface area (Å²) in [6, 6.07) is 3.88. The summed E-state index contributed by atoms with van der Waals surface area (Å²) in [6.45, 7) is 4.43. The van der Waals surface area contributed by atoms with E-state index >= 15 is 0 Å². The molecule has 1 N–H and O–H groups in total. The molecule has 1 aromatic carbocycles. The predicted molar refractivity (Wildman–Crippen MR) is 86.7 cm³/mol. The van der Waals surface area contributed by atoms with Crippen molar-refractivity contribution in [2.24, 2.45) is 0 Å². The van der Waals surface area contributed by atoms with E-state index in [0.717, 1.165) is 16.6 Å². The lowest BCUT2D eigenvalue weighted by atomic mass is 10.1. The van der Waals surface area contributed by atoms with Gasteiger partial charge < -0.3 is 9.88 Å². The first kappa shape index (κ1) is 14.7. The largest absolute Gasteiger partial charge is 0.368 e. The van der Waals surface area contributed by atoms with Crippen LogP contribution in [0, 0.1) is 6.92 Å². The molecule has 7 heteroatoms. The average molecular weight is 328 g/mol. The number of anilines is 1. The first-order valence-corrected chi connectivity index (χ1v) is 9.06. The molecule has 21 heavy (non-hydrogen) atoms. The van der Waals surface area contributed by atoms with Crippen LogP contribution in [-0.2, 0) is 10.0 Å². The Morgan fingerprint density at radius 3 is 2.48 bits per heavy atom. The minimum Gasteiger partial charge on any atom is -0.368 e. The maximum atomic E-state index is 11.6. The Hall–Kier alpha value is -1.24. The number of rotatable bonds is 2. The van der Waals surface area contributed by atoms with Crippen molar-refractivity contribution in [2.75, 3.05) is 37.3 Å². The van der Waals surface area contributed by atoms with E-state index in [9.17, 15) is 8.42 Å². The third-order valence-electron chi connectivity index (χ3n) is 3.97. The highest BCUT2D eigenvalue weighted by Gasteiger charge is 2.25. The summed E-state index contributed by atoms with van der Waals surface area (Å²) >= 11 is 6.20. The van der Waals surface area contributed by atoms with Crippen molar-refractivity contribution < 1.29 is 8.42 Å². The number of halogens is 1. The Kier molecular flexibility index (Phi) is 3.63. The number of hydrogen-bond donors (Lipinski definition) is 1. The zero-order chi connectivity index (χ0) is 15.2. The molecule has 1 saturated heterocycles. The number of aromatic amines is 1. The van der Waals surface area contributed by atoms with Crippen LogP contribution in [0.25, 0.3) is 10.9 Å². The van der Waals surface area contributed by atoms with Crippen LogP contribution in [0.2, 0.25) is 5.02 Å². The van der Waals surface area contributed by atoms with Gasteiger partial charge in [-0.05, 0) is 24.6 Å². The Morgan fingerprint density at radius 2 is 1.86 bits per heavy atom. The summed E-state index contributed by atoms with van der Waals surface area (Å²) in [6.07, 6.45) is 3.23. The van der Waals surface area contributed by atoms with Crippen LogP contribution in [0.5, 0.6) is 0 Å². The van der Waals surface area contributed by atoms with E-state index < -0.39 is 10.0 Å². The molecular formula is C14H18ClN3O2S. The van der Waals surface area contributed by atoms with Gasteiger partial charge in [-0.1, -0.05) is 11.6 Å². The third kappa shape index (κ3) is 2.75. The summed E-state index contributed by atoms with van der Waals surface area (Å²) in [7, 11) is -3.11. The van der Waals surface area contributed by atoms with Crippen LogP contribution >= 0.6 is 11.6 Å². The minimum atomic E-state index is -3.11. The summed E-state index contributed by atoms with van der Waals surface area (Å²) in [4.78, 5) is 5.43. The van der Waals surface area contributed by atoms with E-state index in [0.29, 0.717) is 31.2 Å². The Morgan fingerprint density at radius 1 is 1.19 bits per heavy atom. The van der Waals surface area contributed by atoms with E-state index in [1.165, 1.54) is 16.1 Å². The smallest absolute Gasteiger partial charge is 0.211 e. The van der Waals surface area contributed by atoms with Gasteiger partial charge in [0.05, 0.1) is 6.26 Å². The van der Waals surface area contributed by atoms with E-state index in [4.69, 9.17) is 11.6 Å². The molecule has 0 unspecified atom stereocenters. The van der Waals surface area contributed by atoms with Gasteiger partial charge in [-0.3, -0.25) is 0 Å². The lowest BCUT2D eigenvalue weighted by Crippen LogP contribution is -2.48. The van der Waals surface area contributed by atoms with Crippen molar-refractivity contribution in [1.82, 2.24) is 9.29 Å². The van der Waals surface area contributed by atoms with Gasteiger partial charge in [0, 0.05) is 54.0 Å². The number of nitrogens with zero attached hydrogens (tertiary/aromatic N) is 2. The molecule has 0 bridgehead atoms. The number of H-pyrrole nitrogens is 1. The monoisotopic (exact) mass is 327 g/mol. The maximum absolute atomic E-state index is 11.6. The zero-order valence-electron chi connectivity index (χ0n) is 12.1. The average Bonchev–Trinajstić information content (AvgIpc) is 2.78. The first-order valence-electron chi connectivity index (χ1n) is 6.83. The molecule has 5 nitrogen and oxygen atoms in total. The minimum absolute atomic E-state index is 0.510. The molecule has 0 amide bonds. The van der Waals surface area contributed by atoms with Crippen LogP contribution in [0.3, 0.4) is 0 Å². The summed E-state index contributed by atoms with van der Waals surface area (Å²) in [5.74, 6) is 0. The highest BCUT2D eigenvalue weighted by Crippen LogP contribution is 2.33. The molecule has 0 atom stereocenters. The van der Waals surface area contributed by atoms with E-state index in [1.54, 1.807) is 0 Å². The van der Waals surface area contributed by atoms with Gasteiger partial charge in [-0.2, -0.15) is 4.31 Å². The Bertz CT molecular complexity index is 777. The molecule has 2 aromatic rings. The van der Waals surface area contributed by atoms with Gasteiger partial charge in [0.2, 0.25) is 10.0 Å². The molecule has 0 saturated carbocycles. The van der Waals surface area contributed by atoms with Crippen LogP contribution in [0.1, 0.15) is 5.56 Å². The van der Waals surface area contributed by atoms with Crippen LogP contribution in [-0.4, -0.2) is 50.1 Å². The quantitative estimate of drug-likeness (QED) is 0.920. The fraction of sp³-hybridized carbons (Fsp3) is 0.429. The second-order valence-electron chi connectivity index (χ2n) is 5.47. The van der Waals surface area contributed by atoms with Gasteiger partial charge in [-0.25, -0.2) is 8.42 Å². The maximum Gasteiger partial charge on any atom is 0.211 e. The fourth-order valence-electron chi connectivity index (χ4n) is 2.89. The number of benzene rings is 1. The summed E-state index contributed by atoms with van der Waals surface area (Å²) in [5.41, 5.74) is 3.26. The summed E-state index contributed by atoms with van der Waals surface area (Å²) < 4.78 is 24.7. The molecule has 0 radical (unpaired) electrons. The van der Waals surface area contributed by atoms with Crippen molar-refractivity contribution in [2.45, 2.75) is 6.92 Å². The number of piperazine rings is 1. The zero-order valence-corrected chi connectivity index (χ0v) is 13.6. The second-order valence-corrected chi connectivity index (χ2v) is 7.89. The molecular weight excluding hydrogens is 310 g/mol. The summed E-state index contributed by atoms with van der Waals surface area (Å²) in [5, 5.41) is 1.84. The van der Waals surface area contributed by atoms with Crippen molar-refractivity contribution in [3.63, 3.8) is 0 Å². The number of aryl methyl sites for hydroxylation is 1. The molecule has 3 rings (SSSR count). The molecule has 1 aromatic heterocycles. The fourth-order valence-corrected chi connectivity index (χ4v) is 3.93. The van der Waals surface area contributed by atoms with Gasteiger partial charge in [0.25, 0.3) is 0 Å². The van der Waals surface area contributed by atoms with Gasteiger partial charge in [0.1, 0.15) is 0 Å². The lowest BCUT2D eigenvalue weighted by Gasteiger charge is -2.35. The van der Waals surface area contributed by atoms with Crippen LogP contribution in [0.4, 0.5) is 5.69 Å². The van der Waals surface area contributed by atoms with E-state index in [-0.39, 0.29) is 0 Å². The standard InChI is InChI=1S/C14H18ClN3O2S/c1-10-9-16-12-7-11(15)8-13(14(10)12)17-3-5-18(6-4-17)21(2,19)20/h7-9,16H,3-6H2,1-2H3. The molecule has 0 aliphatic carbocycles. The van der Waals surface area contributed by atoms with Gasteiger partial charge in [-0.15, -0.1) is 0 Å². The van der Waals surface area contributed by atoms with Gasteiger partial charge >= 0.3 is 0 Å². The molecule has 2 heterocycles. The van der Waals surface area contributed by atoms with Crippen molar-refractivity contribution in [1.29, 1.82) is 0 Å².